The smallest absolute Gasteiger partial charge is 0.0645 e. The third kappa shape index (κ3) is 2.43. The van der Waals surface area contributed by atoms with Crippen LogP contribution in [0.4, 0.5) is 11.4 Å². The largest absolute Gasteiger partial charge is 0.338 e. The molecule has 0 radical (unpaired) electrons. The Morgan fingerprint density at radius 1 is 1.20 bits per heavy atom. The summed E-state index contributed by atoms with van der Waals surface area (Å²) in [7, 11) is 0. The van der Waals surface area contributed by atoms with Gasteiger partial charge in [0, 0.05) is 36.0 Å². The SMILES string of the molecule is [2H]c1c([2H])c([2H])c2c(c1[2H])Sc1c([2H])c([2H])c([2H])c([2H])c1N2C([2H])([2H])C([2H])(N(C([2H])([2H])[2H])C([2H])([2H])[2H])C([2H])([2H])[2H]. The summed E-state index contributed by atoms with van der Waals surface area (Å²) >= 11 is 0.400. The number of anilines is 2. The number of nitrogens with zero attached hydrogens (tertiary/aromatic N) is 2. The second kappa shape index (κ2) is 5.51. The van der Waals surface area contributed by atoms with Crippen molar-refractivity contribution in [3.63, 3.8) is 0 Å². The molecule has 104 valence electrons. The quantitative estimate of drug-likeness (QED) is 0.837. The zero-order valence-electron chi connectivity index (χ0n) is 29.8. The van der Waals surface area contributed by atoms with Crippen molar-refractivity contribution in [2.45, 2.75) is 22.7 Å². The van der Waals surface area contributed by atoms with Gasteiger partial charge in [-0.3, -0.25) is 0 Å². The summed E-state index contributed by atoms with van der Waals surface area (Å²) in [6.07, 6.45) is 0. The van der Waals surface area contributed by atoms with Crippen LogP contribution in [-0.2, 0) is 0 Å². The Morgan fingerprint density at radius 2 is 1.80 bits per heavy atom. The highest BCUT2D eigenvalue weighted by Crippen LogP contribution is 2.47. The first-order valence-corrected chi connectivity index (χ1v) is 6.07. The van der Waals surface area contributed by atoms with E-state index in [2.05, 4.69) is 0 Å². The summed E-state index contributed by atoms with van der Waals surface area (Å²) in [6.45, 7) is -16.1. The maximum absolute atomic E-state index is 8.95. The molecule has 0 amide bonds. The van der Waals surface area contributed by atoms with E-state index in [1.807, 2.05) is 0 Å². The van der Waals surface area contributed by atoms with Crippen LogP contribution in [-0.4, -0.2) is 31.4 Å². The molecule has 0 N–H and O–H groups in total. The van der Waals surface area contributed by atoms with Gasteiger partial charge in [-0.15, -0.1) is 0 Å². The summed E-state index contributed by atoms with van der Waals surface area (Å²) in [5, 5.41) is 0. The molecule has 2 aromatic rings. The summed E-state index contributed by atoms with van der Waals surface area (Å²) < 4.78 is 163. The predicted molar refractivity (Wildman–Crippen MR) is 87.2 cm³/mol. The molecule has 0 bridgehead atoms. The molecule has 1 atom stereocenters. The fraction of sp³-hybridized carbons (Fsp3) is 0.294. The molecule has 3 rings (SSSR count). The van der Waals surface area contributed by atoms with Gasteiger partial charge < -0.3 is 9.80 Å². The molecule has 0 saturated heterocycles. The first-order chi connectivity index (χ1) is 17.8. The van der Waals surface area contributed by atoms with Gasteiger partial charge in [0.05, 0.1) is 25.1 Å². The third-order valence-corrected chi connectivity index (χ3v) is 3.36. The summed E-state index contributed by atoms with van der Waals surface area (Å²) in [5.41, 5.74) is -1.76. The lowest BCUT2D eigenvalue weighted by atomic mass is 10.2. The van der Waals surface area contributed by atoms with Crippen molar-refractivity contribution in [3.8, 4) is 0 Å². The number of hydrogen-bond donors (Lipinski definition) is 0. The van der Waals surface area contributed by atoms with Crippen LogP contribution >= 0.6 is 11.8 Å². The van der Waals surface area contributed by atoms with Crippen molar-refractivity contribution >= 4 is 23.1 Å². The highest BCUT2D eigenvalue weighted by atomic mass is 32.2. The first-order valence-electron chi connectivity index (χ1n) is 15.2. The standard InChI is InChI=1S/C17H20N2S/c1-13(18(2)3)12-19-14-8-4-6-10-16(14)20-17-11-7-5-9-15(17)19/h4-11,13H,12H2,1-3H3/i1D3,2D3,3D3,4D,5D,6D,7D,8D,9D,10D,11D,12D2,13D. The van der Waals surface area contributed by atoms with Crippen molar-refractivity contribution in [2.75, 3.05) is 25.3 Å². The Kier molecular flexibility index (Phi) is 0.956. The molecule has 0 fully saturated rings. The zero-order valence-corrected chi connectivity index (χ0v) is 10.6. The predicted octanol–water partition coefficient (Wildman–Crippen LogP) is 4.24. The Labute approximate surface area is 153 Å². The van der Waals surface area contributed by atoms with Gasteiger partial charge in [0.2, 0.25) is 0 Å². The van der Waals surface area contributed by atoms with Gasteiger partial charge >= 0.3 is 0 Å². The molecular weight excluding hydrogens is 264 g/mol. The minimum Gasteiger partial charge on any atom is -0.338 e. The van der Waals surface area contributed by atoms with E-state index in [0.29, 0.717) is 11.8 Å². The lowest BCUT2D eigenvalue weighted by Gasteiger charge is -2.36. The molecule has 0 saturated carbocycles. The van der Waals surface area contributed by atoms with Crippen LogP contribution in [0, 0.1) is 0 Å². The van der Waals surface area contributed by atoms with Crippen LogP contribution in [0.5, 0.6) is 0 Å². The van der Waals surface area contributed by atoms with Crippen molar-refractivity contribution < 1.29 is 27.4 Å². The van der Waals surface area contributed by atoms with Crippen molar-refractivity contribution in [1.29, 1.82) is 0 Å². The van der Waals surface area contributed by atoms with Gasteiger partial charge in [-0.05, 0) is 45.0 Å². The van der Waals surface area contributed by atoms with Gasteiger partial charge in [0.1, 0.15) is 0 Å². The lowest BCUT2D eigenvalue weighted by Crippen LogP contribution is -2.37. The van der Waals surface area contributed by atoms with Crippen LogP contribution in [0.3, 0.4) is 0 Å². The molecule has 1 unspecified atom stereocenters. The van der Waals surface area contributed by atoms with Crippen LogP contribution in [0.2, 0.25) is 0 Å². The highest BCUT2D eigenvalue weighted by molar-refractivity contribution is 7.99. The van der Waals surface area contributed by atoms with E-state index < -0.39 is 108 Å². The molecule has 0 aromatic heterocycles. The molecule has 1 heterocycles. The molecule has 2 aromatic carbocycles. The van der Waals surface area contributed by atoms with Crippen molar-refractivity contribution in [1.82, 2.24) is 4.90 Å². The topological polar surface area (TPSA) is 6.48 Å². The van der Waals surface area contributed by atoms with Gasteiger partial charge in [-0.1, -0.05) is 35.9 Å². The second-order valence-electron chi connectivity index (χ2n) is 3.59. The maximum Gasteiger partial charge on any atom is 0.0645 e. The van der Waals surface area contributed by atoms with E-state index in [1.165, 1.54) is 0 Å². The average molecular weight is 305 g/mol. The summed E-state index contributed by atoms with van der Waals surface area (Å²) in [6, 6.07) is -11.5. The van der Waals surface area contributed by atoms with Crippen LogP contribution in [0.25, 0.3) is 0 Å². The number of fused-ring (bicyclic) bond motifs is 2. The van der Waals surface area contributed by atoms with E-state index >= 15 is 0 Å². The Balaban J connectivity index is 2.66. The van der Waals surface area contributed by atoms with Crippen molar-refractivity contribution in [3.05, 3.63) is 48.3 Å². The molecule has 3 heteroatoms. The number of para-hydroxylation sites is 2. The molecule has 2 nitrogen and oxygen atoms in total. The Bertz CT molecular complexity index is 1290. The summed E-state index contributed by atoms with van der Waals surface area (Å²) in [5.74, 6) is 0. The van der Waals surface area contributed by atoms with Crippen LogP contribution < -0.4 is 4.90 Å². The summed E-state index contributed by atoms with van der Waals surface area (Å²) in [4.78, 5) is -1.81. The molecule has 0 spiro atoms. The van der Waals surface area contributed by atoms with E-state index in [0.717, 1.165) is 0 Å². The van der Waals surface area contributed by atoms with Crippen LogP contribution in [0.15, 0.2) is 58.1 Å². The lowest BCUT2D eigenvalue weighted by molar-refractivity contribution is 0.319. The normalized spacial score (nSPS) is 33.5. The number of hydrogen-bond acceptors (Lipinski definition) is 3. The molecule has 20 heavy (non-hydrogen) atoms. The van der Waals surface area contributed by atoms with Gasteiger partial charge in [0.15, 0.2) is 0 Å². The number of benzene rings is 2. The third-order valence-electron chi connectivity index (χ3n) is 2.36. The Hall–Kier alpha value is -1.45. The van der Waals surface area contributed by atoms with Gasteiger partial charge in [0.25, 0.3) is 0 Å². The minimum absolute atomic E-state index is 0.0771. The first kappa shape index (κ1) is 3.47. The van der Waals surface area contributed by atoms with Gasteiger partial charge in [-0.25, -0.2) is 0 Å². The second-order valence-corrected chi connectivity index (χ2v) is 4.61. The number of likely N-dealkylation sites (N-methyl/N-ethyl adjacent to an activating group) is 1. The fourth-order valence-electron chi connectivity index (χ4n) is 1.53. The van der Waals surface area contributed by atoms with E-state index in [9.17, 15) is 0 Å². The van der Waals surface area contributed by atoms with E-state index in [1.54, 1.807) is 0 Å². The molecule has 0 aliphatic carbocycles. The maximum atomic E-state index is 8.95. The van der Waals surface area contributed by atoms with Crippen LogP contribution in [0.1, 0.15) is 34.3 Å². The number of rotatable bonds is 3. The van der Waals surface area contributed by atoms with E-state index in [-0.39, 0.29) is 4.90 Å². The fourth-order valence-corrected chi connectivity index (χ4v) is 2.42. The average Bonchev–Trinajstić information content (AvgIpc) is 2.79. The van der Waals surface area contributed by atoms with Gasteiger partial charge in [-0.2, -0.15) is 0 Å². The molecular formula is C17H20N2S. The minimum atomic E-state index is -4.28. The zero-order chi connectivity index (χ0) is 31.3. The highest BCUT2D eigenvalue weighted by Gasteiger charge is 2.24. The molecule has 1 aliphatic rings. The monoisotopic (exact) mass is 304 g/mol. The van der Waals surface area contributed by atoms with E-state index in [4.69, 9.17) is 27.4 Å². The van der Waals surface area contributed by atoms with Crippen molar-refractivity contribution in [2.24, 2.45) is 0 Å². The Morgan fingerprint density at radius 3 is 2.35 bits per heavy atom. The molecule has 1 aliphatic heterocycles.